The van der Waals surface area contributed by atoms with Crippen LogP contribution in [0.3, 0.4) is 0 Å². The van der Waals surface area contributed by atoms with Crippen LogP contribution in [-0.4, -0.2) is 29.3 Å². The molecular weight excluding hydrogens is 321 g/mol. The first-order chi connectivity index (χ1) is 12.2. The van der Waals surface area contributed by atoms with Crippen molar-refractivity contribution in [3.8, 4) is 11.5 Å². The van der Waals surface area contributed by atoms with E-state index in [2.05, 4.69) is 4.57 Å². The maximum atomic E-state index is 13.2. The van der Waals surface area contributed by atoms with Gasteiger partial charge in [-0.1, -0.05) is 12.1 Å². The third-order valence-electron chi connectivity index (χ3n) is 4.35. The topological polar surface area (TPSA) is 62.3 Å². The van der Waals surface area contributed by atoms with Crippen LogP contribution in [0.4, 0.5) is 4.39 Å². The number of imidazole rings is 1. The highest BCUT2D eigenvalue weighted by molar-refractivity contribution is 5.81. The van der Waals surface area contributed by atoms with Crippen LogP contribution >= 0.6 is 0 Å². The molecule has 5 nitrogen and oxygen atoms in total. The SMILES string of the molecule is NCCCc1nc2cc3c(cc2n1Cc1ccc(F)cc1)OCCO3. The van der Waals surface area contributed by atoms with Gasteiger partial charge in [-0.15, -0.1) is 0 Å². The molecule has 2 N–H and O–H groups in total. The number of hydrogen-bond acceptors (Lipinski definition) is 4. The van der Waals surface area contributed by atoms with E-state index in [1.165, 1.54) is 12.1 Å². The van der Waals surface area contributed by atoms with Gasteiger partial charge in [0.25, 0.3) is 0 Å². The fourth-order valence-electron chi connectivity index (χ4n) is 3.11. The Morgan fingerprint density at radius 2 is 1.80 bits per heavy atom. The Hall–Kier alpha value is -2.60. The molecule has 0 atom stereocenters. The van der Waals surface area contributed by atoms with Gasteiger partial charge in [0, 0.05) is 25.1 Å². The highest BCUT2D eigenvalue weighted by Crippen LogP contribution is 2.35. The second-order valence-electron chi connectivity index (χ2n) is 6.12. The number of benzene rings is 2. The van der Waals surface area contributed by atoms with Crippen molar-refractivity contribution < 1.29 is 13.9 Å². The zero-order valence-corrected chi connectivity index (χ0v) is 13.9. The van der Waals surface area contributed by atoms with E-state index in [0.717, 1.165) is 46.8 Å². The zero-order chi connectivity index (χ0) is 17.2. The molecule has 0 spiro atoms. The summed E-state index contributed by atoms with van der Waals surface area (Å²) in [4.78, 5) is 4.77. The Balaban J connectivity index is 1.78. The highest BCUT2D eigenvalue weighted by Gasteiger charge is 2.18. The van der Waals surface area contributed by atoms with E-state index < -0.39 is 0 Å². The van der Waals surface area contributed by atoms with Crippen LogP contribution in [0.5, 0.6) is 11.5 Å². The number of aromatic nitrogens is 2. The van der Waals surface area contributed by atoms with Crippen LogP contribution in [0.15, 0.2) is 36.4 Å². The van der Waals surface area contributed by atoms with Gasteiger partial charge < -0.3 is 19.8 Å². The van der Waals surface area contributed by atoms with Crippen molar-refractivity contribution in [3.63, 3.8) is 0 Å². The Labute approximate surface area is 145 Å². The van der Waals surface area contributed by atoms with Crippen molar-refractivity contribution in [2.45, 2.75) is 19.4 Å². The molecule has 1 aliphatic heterocycles. The molecule has 1 aliphatic rings. The predicted octanol–water partition coefficient (Wildman–Crippen LogP) is 2.89. The fraction of sp³-hybridized carbons (Fsp3) is 0.316. The van der Waals surface area contributed by atoms with Gasteiger partial charge in [0.15, 0.2) is 11.5 Å². The summed E-state index contributed by atoms with van der Waals surface area (Å²) in [5.74, 6) is 2.20. The smallest absolute Gasteiger partial charge is 0.163 e. The predicted molar refractivity (Wildman–Crippen MR) is 93.6 cm³/mol. The summed E-state index contributed by atoms with van der Waals surface area (Å²) in [5.41, 5.74) is 8.55. The lowest BCUT2D eigenvalue weighted by molar-refractivity contribution is 0.172. The standard InChI is InChI=1S/C19H20FN3O2/c20-14-5-3-13(4-6-14)12-23-16-11-18-17(24-8-9-25-18)10-15(16)22-19(23)2-1-7-21/h3-6,10-11H,1-2,7-9,12,21H2. The van der Waals surface area contributed by atoms with Gasteiger partial charge in [0.1, 0.15) is 24.9 Å². The van der Waals surface area contributed by atoms with Crippen LogP contribution in [-0.2, 0) is 13.0 Å². The molecule has 6 heteroatoms. The minimum atomic E-state index is -0.234. The first-order valence-corrected chi connectivity index (χ1v) is 8.48. The molecule has 0 aliphatic carbocycles. The van der Waals surface area contributed by atoms with Gasteiger partial charge in [-0.25, -0.2) is 9.37 Å². The number of ether oxygens (including phenoxy) is 2. The van der Waals surface area contributed by atoms with Crippen LogP contribution in [0, 0.1) is 5.82 Å². The molecule has 2 heterocycles. The van der Waals surface area contributed by atoms with Crippen LogP contribution in [0.1, 0.15) is 17.8 Å². The van der Waals surface area contributed by atoms with E-state index in [-0.39, 0.29) is 5.82 Å². The summed E-state index contributed by atoms with van der Waals surface area (Å²) < 4.78 is 26.7. The van der Waals surface area contributed by atoms with E-state index in [1.54, 1.807) is 12.1 Å². The van der Waals surface area contributed by atoms with Gasteiger partial charge in [0.2, 0.25) is 0 Å². The summed E-state index contributed by atoms with van der Waals surface area (Å²) in [6.45, 7) is 2.33. The summed E-state index contributed by atoms with van der Waals surface area (Å²) in [6, 6.07) is 10.5. The number of halogens is 1. The van der Waals surface area contributed by atoms with E-state index in [9.17, 15) is 4.39 Å². The molecule has 25 heavy (non-hydrogen) atoms. The maximum Gasteiger partial charge on any atom is 0.163 e. The maximum absolute atomic E-state index is 13.2. The number of nitrogens with two attached hydrogens (primary N) is 1. The Bertz CT molecular complexity index is 890. The molecule has 0 fully saturated rings. The number of fused-ring (bicyclic) bond motifs is 2. The van der Waals surface area contributed by atoms with Gasteiger partial charge in [-0.2, -0.15) is 0 Å². The third-order valence-corrected chi connectivity index (χ3v) is 4.35. The molecule has 0 amide bonds. The van der Waals surface area contributed by atoms with E-state index in [0.29, 0.717) is 26.3 Å². The van der Waals surface area contributed by atoms with Crippen molar-refractivity contribution in [2.24, 2.45) is 5.73 Å². The highest BCUT2D eigenvalue weighted by atomic mass is 19.1. The van der Waals surface area contributed by atoms with Crippen molar-refractivity contribution >= 4 is 11.0 Å². The lowest BCUT2D eigenvalue weighted by atomic mass is 10.2. The molecule has 0 bridgehead atoms. The van der Waals surface area contributed by atoms with E-state index >= 15 is 0 Å². The molecule has 0 unspecified atom stereocenters. The molecule has 3 aromatic rings. The van der Waals surface area contributed by atoms with Gasteiger partial charge in [-0.3, -0.25) is 0 Å². The minimum Gasteiger partial charge on any atom is -0.486 e. The molecule has 130 valence electrons. The van der Waals surface area contributed by atoms with Crippen molar-refractivity contribution in [2.75, 3.05) is 19.8 Å². The number of aryl methyl sites for hydroxylation is 1. The van der Waals surface area contributed by atoms with Crippen molar-refractivity contribution in [3.05, 3.63) is 53.6 Å². The first kappa shape index (κ1) is 15.9. The van der Waals surface area contributed by atoms with Gasteiger partial charge in [-0.05, 0) is 30.7 Å². The molecule has 0 radical (unpaired) electrons. The zero-order valence-electron chi connectivity index (χ0n) is 13.9. The molecule has 0 saturated carbocycles. The van der Waals surface area contributed by atoms with Crippen molar-refractivity contribution in [1.82, 2.24) is 9.55 Å². The third kappa shape index (κ3) is 3.17. The van der Waals surface area contributed by atoms with Gasteiger partial charge >= 0.3 is 0 Å². The average Bonchev–Trinajstić information content (AvgIpc) is 2.96. The second kappa shape index (κ2) is 6.72. The summed E-state index contributed by atoms with van der Waals surface area (Å²) in [6.07, 6.45) is 1.65. The Morgan fingerprint density at radius 1 is 1.08 bits per heavy atom. The van der Waals surface area contributed by atoms with Crippen molar-refractivity contribution in [1.29, 1.82) is 0 Å². The molecule has 2 aromatic carbocycles. The fourth-order valence-corrected chi connectivity index (χ4v) is 3.11. The second-order valence-corrected chi connectivity index (χ2v) is 6.12. The number of nitrogens with zero attached hydrogens (tertiary/aromatic N) is 2. The molecular formula is C19H20FN3O2. The average molecular weight is 341 g/mol. The summed E-state index contributed by atoms with van der Waals surface area (Å²) in [5, 5.41) is 0. The lowest BCUT2D eigenvalue weighted by Gasteiger charge is -2.18. The monoisotopic (exact) mass is 341 g/mol. The molecule has 4 rings (SSSR count). The first-order valence-electron chi connectivity index (χ1n) is 8.48. The summed E-state index contributed by atoms with van der Waals surface area (Å²) in [7, 11) is 0. The van der Waals surface area contributed by atoms with Crippen LogP contribution in [0.25, 0.3) is 11.0 Å². The summed E-state index contributed by atoms with van der Waals surface area (Å²) >= 11 is 0. The van der Waals surface area contributed by atoms with E-state index in [4.69, 9.17) is 20.2 Å². The Kier molecular flexibility index (Phi) is 4.28. The normalized spacial score (nSPS) is 13.4. The molecule has 0 saturated heterocycles. The van der Waals surface area contributed by atoms with E-state index in [1.807, 2.05) is 12.1 Å². The number of hydrogen-bond donors (Lipinski definition) is 1. The number of rotatable bonds is 5. The van der Waals surface area contributed by atoms with Crippen LogP contribution in [0.2, 0.25) is 0 Å². The lowest BCUT2D eigenvalue weighted by Crippen LogP contribution is -2.15. The largest absolute Gasteiger partial charge is 0.486 e. The van der Waals surface area contributed by atoms with Crippen LogP contribution < -0.4 is 15.2 Å². The Morgan fingerprint density at radius 3 is 2.52 bits per heavy atom. The van der Waals surface area contributed by atoms with Gasteiger partial charge in [0.05, 0.1) is 11.0 Å². The minimum absolute atomic E-state index is 0.234. The molecule has 1 aromatic heterocycles. The quantitative estimate of drug-likeness (QED) is 0.775.